The Labute approximate surface area is 143 Å². The van der Waals surface area contributed by atoms with Crippen molar-refractivity contribution in [1.29, 1.82) is 0 Å². The average Bonchev–Trinajstić information content (AvgIpc) is 2.95. The Morgan fingerprint density at radius 3 is 2.50 bits per heavy atom. The Morgan fingerprint density at radius 2 is 1.83 bits per heavy atom. The third-order valence-electron chi connectivity index (χ3n) is 5.20. The highest BCUT2D eigenvalue weighted by molar-refractivity contribution is 6.09. The minimum absolute atomic E-state index is 0.0259. The quantitative estimate of drug-likeness (QED) is 0.863. The maximum absolute atomic E-state index is 12.9. The number of nitrogens with two attached hydrogens (primary N) is 1. The Hall–Kier alpha value is -1.88. The van der Waals surface area contributed by atoms with Gasteiger partial charge >= 0.3 is 0 Å². The molecule has 0 aliphatic carbocycles. The first-order valence-electron chi connectivity index (χ1n) is 8.91. The molecule has 2 N–H and O–H groups in total. The molecule has 2 heterocycles. The van der Waals surface area contributed by atoms with E-state index in [9.17, 15) is 9.59 Å². The van der Waals surface area contributed by atoms with Crippen LogP contribution in [0.1, 0.15) is 36.8 Å². The number of anilines is 1. The van der Waals surface area contributed by atoms with Crippen LogP contribution in [0.4, 0.5) is 5.69 Å². The van der Waals surface area contributed by atoms with Crippen molar-refractivity contribution < 1.29 is 9.59 Å². The van der Waals surface area contributed by atoms with E-state index in [2.05, 4.69) is 6.07 Å². The molecule has 5 heteroatoms. The largest absolute Gasteiger partial charge is 0.338 e. The Morgan fingerprint density at radius 1 is 1.12 bits per heavy atom. The van der Waals surface area contributed by atoms with Crippen molar-refractivity contribution in [2.24, 2.45) is 11.7 Å². The molecule has 2 fully saturated rings. The van der Waals surface area contributed by atoms with Gasteiger partial charge in [0, 0.05) is 31.4 Å². The minimum atomic E-state index is -0.544. The van der Waals surface area contributed by atoms with Crippen molar-refractivity contribution in [3.8, 4) is 0 Å². The Balaban J connectivity index is 1.77. The van der Waals surface area contributed by atoms with Gasteiger partial charge in [-0.05, 0) is 62.8 Å². The molecule has 2 aliphatic rings. The second-order valence-corrected chi connectivity index (χ2v) is 7.09. The fourth-order valence-electron chi connectivity index (χ4n) is 4.01. The molecule has 0 radical (unpaired) electrons. The number of carbonyl (C=O) groups excluding carboxylic acids is 2. The van der Waals surface area contributed by atoms with Crippen molar-refractivity contribution in [2.45, 2.75) is 45.6 Å². The van der Waals surface area contributed by atoms with Crippen molar-refractivity contribution in [1.82, 2.24) is 4.90 Å². The van der Waals surface area contributed by atoms with E-state index in [-0.39, 0.29) is 17.9 Å². The Kier molecular flexibility index (Phi) is 4.90. The third-order valence-corrected chi connectivity index (χ3v) is 5.20. The topological polar surface area (TPSA) is 66.6 Å². The van der Waals surface area contributed by atoms with Crippen molar-refractivity contribution in [3.63, 3.8) is 0 Å². The van der Waals surface area contributed by atoms with Crippen molar-refractivity contribution in [3.05, 3.63) is 29.3 Å². The van der Waals surface area contributed by atoms with Gasteiger partial charge in [0.2, 0.25) is 11.8 Å². The van der Waals surface area contributed by atoms with Crippen LogP contribution < -0.4 is 10.6 Å². The van der Waals surface area contributed by atoms with E-state index in [1.165, 1.54) is 0 Å². The summed E-state index contributed by atoms with van der Waals surface area (Å²) in [6.07, 6.45) is 3.66. The Bertz CT molecular complexity index is 623. The fourth-order valence-corrected chi connectivity index (χ4v) is 4.01. The number of aryl methyl sites for hydroxylation is 2. The fraction of sp³-hybridized carbons (Fsp3) is 0.579. The predicted octanol–water partition coefficient (Wildman–Crippen LogP) is 2.00. The van der Waals surface area contributed by atoms with E-state index in [0.717, 1.165) is 42.6 Å². The molecular weight excluding hydrogens is 302 g/mol. The summed E-state index contributed by atoms with van der Waals surface area (Å²) >= 11 is 0. The van der Waals surface area contributed by atoms with Gasteiger partial charge in [0.15, 0.2) is 0 Å². The zero-order valence-corrected chi connectivity index (χ0v) is 14.6. The van der Waals surface area contributed by atoms with E-state index in [1.807, 2.05) is 30.9 Å². The third kappa shape index (κ3) is 3.18. The molecule has 130 valence electrons. The maximum Gasteiger partial charge on any atom is 0.239 e. The van der Waals surface area contributed by atoms with Gasteiger partial charge in [0.1, 0.15) is 5.92 Å². The first kappa shape index (κ1) is 17.0. The van der Waals surface area contributed by atoms with Crippen LogP contribution in [-0.2, 0) is 9.59 Å². The van der Waals surface area contributed by atoms with Crippen LogP contribution in [0.5, 0.6) is 0 Å². The number of benzene rings is 1. The zero-order valence-electron chi connectivity index (χ0n) is 14.6. The number of rotatable bonds is 3. The number of hydrogen-bond acceptors (Lipinski definition) is 3. The van der Waals surface area contributed by atoms with Crippen LogP contribution >= 0.6 is 0 Å². The SMILES string of the molecule is Cc1cc(C)cc(N2CCC(C(=O)N3CCCCC3CN)C2=O)c1. The van der Waals surface area contributed by atoms with Crippen LogP contribution in [0.2, 0.25) is 0 Å². The molecule has 2 unspecified atom stereocenters. The number of carbonyl (C=O) groups is 2. The summed E-state index contributed by atoms with van der Waals surface area (Å²) in [6.45, 7) is 5.87. The van der Waals surface area contributed by atoms with Gasteiger partial charge in [-0.2, -0.15) is 0 Å². The lowest BCUT2D eigenvalue weighted by atomic mass is 9.98. The molecular formula is C19H27N3O2. The molecule has 1 aromatic rings. The highest BCUT2D eigenvalue weighted by Gasteiger charge is 2.41. The second kappa shape index (κ2) is 6.93. The van der Waals surface area contributed by atoms with E-state index in [0.29, 0.717) is 19.5 Å². The molecule has 0 spiro atoms. The number of amides is 2. The molecule has 5 nitrogen and oxygen atoms in total. The van der Waals surface area contributed by atoms with Crippen LogP contribution in [0.3, 0.4) is 0 Å². The summed E-state index contributed by atoms with van der Waals surface area (Å²) in [7, 11) is 0. The summed E-state index contributed by atoms with van der Waals surface area (Å²) in [5.41, 5.74) is 8.99. The van der Waals surface area contributed by atoms with E-state index < -0.39 is 5.92 Å². The van der Waals surface area contributed by atoms with Gasteiger partial charge in [-0.3, -0.25) is 9.59 Å². The summed E-state index contributed by atoms with van der Waals surface area (Å²) in [4.78, 5) is 29.4. The standard InChI is InChI=1S/C19H27N3O2/c1-13-9-14(2)11-16(10-13)22-8-6-17(19(22)24)18(23)21-7-4-3-5-15(21)12-20/h9-11,15,17H,3-8,12,20H2,1-2H3. The van der Waals surface area contributed by atoms with Gasteiger partial charge < -0.3 is 15.5 Å². The zero-order chi connectivity index (χ0) is 17.3. The van der Waals surface area contributed by atoms with Crippen LogP contribution in [0.15, 0.2) is 18.2 Å². The highest BCUT2D eigenvalue weighted by atomic mass is 16.2. The lowest BCUT2D eigenvalue weighted by Gasteiger charge is -2.36. The van der Waals surface area contributed by atoms with Gasteiger partial charge in [-0.15, -0.1) is 0 Å². The molecule has 0 saturated carbocycles. The monoisotopic (exact) mass is 329 g/mol. The smallest absolute Gasteiger partial charge is 0.239 e. The summed E-state index contributed by atoms with van der Waals surface area (Å²) < 4.78 is 0. The molecule has 24 heavy (non-hydrogen) atoms. The van der Waals surface area contributed by atoms with E-state index >= 15 is 0 Å². The predicted molar refractivity (Wildman–Crippen MR) is 94.8 cm³/mol. The molecule has 3 rings (SSSR count). The number of likely N-dealkylation sites (tertiary alicyclic amines) is 1. The molecule has 0 aromatic heterocycles. The summed E-state index contributed by atoms with van der Waals surface area (Å²) in [5.74, 6) is -0.633. The number of hydrogen-bond donors (Lipinski definition) is 1. The van der Waals surface area contributed by atoms with Gasteiger partial charge in [0.05, 0.1) is 0 Å². The van der Waals surface area contributed by atoms with Crippen molar-refractivity contribution in [2.75, 3.05) is 24.5 Å². The highest BCUT2D eigenvalue weighted by Crippen LogP contribution is 2.29. The lowest BCUT2D eigenvalue weighted by molar-refractivity contribution is -0.142. The van der Waals surface area contributed by atoms with Gasteiger partial charge in [-0.1, -0.05) is 6.07 Å². The van der Waals surface area contributed by atoms with E-state index in [4.69, 9.17) is 5.73 Å². The molecule has 2 aliphatic heterocycles. The summed E-state index contributed by atoms with van der Waals surface area (Å²) in [6, 6.07) is 6.21. The van der Waals surface area contributed by atoms with Gasteiger partial charge in [0.25, 0.3) is 0 Å². The van der Waals surface area contributed by atoms with Crippen LogP contribution in [-0.4, -0.2) is 42.4 Å². The number of piperidine rings is 1. The lowest BCUT2D eigenvalue weighted by Crippen LogP contribution is -2.50. The van der Waals surface area contributed by atoms with Crippen LogP contribution in [0.25, 0.3) is 0 Å². The minimum Gasteiger partial charge on any atom is -0.338 e. The van der Waals surface area contributed by atoms with Crippen molar-refractivity contribution >= 4 is 17.5 Å². The molecule has 1 aromatic carbocycles. The second-order valence-electron chi connectivity index (χ2n) is 7.09. The first-order chi connectivity index (χ1) is 11.5. The average molecular weight is 329 g/mol. The molecule has 2 atom stereocenters. The normalized spacial score (nSPS) is 24.5. The maximum atomic E-state index is 12.9. The molecule has 2 amide bonds. The first-order valence-corrected chi connectivity index (χ1v) is 8.91. The summed E-state index contributed by atoms with van der Waals surface area (Å²) in [5, 5.41) is 0. The number of nitrogens with zero attached hydrogens (tertiary/aromatic N) is 2. The molecule has 0 bridgehead atoms. The molecule has 2 saturated heterocycles. The van der Waals surface area contributed by atoms with E-state index in [1.54, 1.807) is 4.90 Å². The van der Waals surface area contributed by atoms with Crippen LogP contribution in [0, 0.1) is 19.8 Å². The van der Waals surface area contributed by atoms with Gasteiger partial charge in [-0.25, -0.2) is 0 Å².